The minimum Gasteiger partial charge on any atom is -0.317 e. The summed E-state index contributed by atoms with van der Waals surface area (Å²) in [6.07, 6.45) is 1.61. The molecule has 6 heteroatoms. The monoisotopic (exact) mass is 356 g/mol. The first-order chi connectivity index (χ1) is 9.65. The summed E-state index contributed by atoms with van der Waals surface area (Å²) in [5.41, 5.74) is 0. The van der Waals surface area contributed by atoms with Crippen molar-refractivity contribution in [3.63, 3.8) is 0 Å². The number of hydrogen-bond donors (Lipinski definition) is 2. The Morgan fingerprint density at radius 1 is 1.25 bits per heavy atom. The lowest BCUT2D eigenvalue weighted by atomic mass is 9.97. The second-order valence-electron chi connectivity index (χ2n) is 4.68. The van der Waals surface area contributed by atoms with Gasteiger partial charge in [0.25, 0.3) is 0 Å². The van der Waals surface area contributed by atoms with Gasteiger partial charge in [0.15, 0.2) is 0 Å². The van der Waals surface area contributed by atoms with Crippen LogP contribution in [0.2, 0.25) is 0 Å². The van der Waals surface area contributed by atoms with Crippen LogP contribution >= 0.6 is 27.7 Å². The van der Waals surface area contributed by atoms with Crippen LogP contribution in [-0.2, 0) is 9.59 Å². The van der Waals surface area contributed by atoms with Crippen molar-refractivity contribution in [1.29, 1.82) is 0 Å². The van der Waals surface area contributed by atoms with Crippen LogP contribution in [0.15, 0.2) is 33.6 Å². The van der Waals surface area contributed by atoms with Crippen molar-refractivity contribution in [1.82, 2.24) is 10.6 Å². The second-order valence-corrected chi connectivity index (χ2v) is 6.64. The zero-order valence-corrected chi connectivity index (χ0v) is 13.4. The zero-order chi connectivity index (χ0) is 14.4. The summed E-state index contributed by atoms with van der Waals surface area (Å²) in [6, 6.07) is 7.74. The lowest BCUT2D eigenvalue weighted by Gasteiger charge is -2.21. The Labute approximate surface area is 131 Å². The summed E-state index contributed by atoms with van der Waals surface area (Å²) in [5, 5.41) is 5.70. The lowest BCUT2D eigenvalue weighted by molar-refractivity contribution is -0.132. The quantitative estimate of drug-likeness (QED) is 0.811. The molecule has 1 aromatic carbocycles. The molecular weight excluding hydrogens is 340 g/mol. The molecule has 108 valence electrons. The summed E-state index contributed by atoms with van der Waals surface area (Å²) in [5.74, 6) is -0.120. The maximum atomic E-state index is 11.9. The number of thioether (sulfide) groups is 1. The van der Waals surface area contributed by atoms with Gasteiger partial charge in [-0.05, 0) is 50.2 Å². The molecule has 2 amide bonds. The molecule has 0 aromatic heterocycles. The van der Waals surface area contributed by atoms with Crippen LogP contribution in [0.3, 0.4) is 0 Å². The average Bonchev–Trinajstić information content (AvgIpc) is 2.47. The van der Waals surface area contributed by atoms with Crippen molar-refractivity contribution in [2.75, 3.05) is 18.8 Å². The highest BCUT2D eigenvalue weighted by molar-refractivity contribution is 9.10. The molecule has 0 unspecified atom stereocenters. The van der Waals surface area contributed by atoms with E-state index in [-0.39, 0.29) is 23.5 Å². The lowest BCUT2D eigenvalue weighted by Crippen LogP contribution is -2.41. The van der Waals surface area contributed by atoms with E-state index in [4.69, 9.17) is 0 Å². The maximum absolute atomic E-state index is 11.9. The number of halogens is 1. The van der Waals surface area contributed by atoms with Crippen molar-refractivity contribution >= 4 is 39.5 Å². The van der Waals surface area contributed by atoms with Gasteiger partial charge >= 0.3 is 0 Å². The number of nitrogens with one attached hydrogen (secondary N) is 2. The highest BCUT2D eigenvalue weighted by Crippen LogP contribution is 2.20. The SMILES string of the molecule is O=C(CSc1ccc(Br)cc1)NC(=O)C1CCNCC1. The van der Waals surface area contributed by atoms with Gasteiger partial charge in [-0.2, -0.15) is 0 Å². The van der Waals surface area contributed by atoms with E-state index in [9.17, 15) is 9.59 Å². The first-order valence-corrected chi connectivity index (χ1v) is 8.36. The van der Waals surface area contributed by atoms with E-state index >= 15 is 0 Å². The predicted octanol–water partition coefficient (Wildman–Crippen LogP) is 2.18. The molecule has 0 bridgehead atoms. The highest BCUT2D eigenvalue weighted by atomic mass is 79.9. The molecule has 0 radical (unpaired) electrons. The molecule has 0 aliphatic carbocycles. The largest absolute Gasteiger partial charge is 0.317 e. The summed E-state index contributed by atoms with van der Waals surface area (Å²) in [6.45, 7) is 1.69. The molecule has 0 saturated carbocycles. The predicted molar refractivity (Wildman–Crippen MR) is 83.6 cm³/mol. The van der Waals surface area contributed by atoms with Crippen molar-refractivity contribution in [3.05, 3.63) is 28.7 Å². The van der Waals surface area contributed by atoms with Gasteiger partial charge in [0.2, 0.25) is 11.8 Å². The minimum atomic E-state index is -0.221. The summed E-state index contributed by atoms with van der Waals surface area (Å²) >= 11 is 4.79. The molecule has 1 fully saturated rings. The van der Waals surface area contributed by atoms with Crippen molar-refractivity contribution in [3.8, 4) is 0 Å². The Morgan fingerprint density at radius 3 is 2.55 bits per heavy atom. The number of rotatable bonds is 4. The molecule has 1 heterocycles. The van der Waals surface area contributed by atoms with Crippen LogP contribution in [-0.4, -0.2) is 30.7 Å². The zero-order valence-electron chi connectivity index (χ0n) is 11.0. The summed E-state index contributed by atoms with van der Waals surface area (Å²) in [4.78, 5) is 24.7. The third-order valence-corrected chi connectivity index (χ3v) is 4.70. The molecule has 4 nitrogen and oxygen atoms in total. The fourth-order valence-corrected chi connectivity index (χ4v) is 3.00. The van der Waals surface area contributed by atoms with Crippen LogP contribution in [0.4, 0.5) is 0 Å². The molecule has 0 spiro atoms. The highest BCUT2D eigenvalue weighted by Gasteiger charge is 2.22. The van der Waals surface area contributed by atoms with E-state index in [0.717, 1.165) is 35.3 Å². The minimum absolute atomic E-state index is 0.0297. The molecule has 20 heavy (non-hydrogen) atoms. The van der Waals surface area contributed by atoms with Crippen molar-refractivity contribution in [2.45, 2.75) is 17.7 Å². The first-order valence-electron chi connectivity index (χ1n) is 6.58. The van der Waals surface area contributed by atoms with Crippen LogP contribution in [0, 0.1) is 5.92 Å². The van der Waals surface area contributed by atoms with Gasteiger partial charge in [-0.1, -0.05) is 15.9 Å². The van der Waals surface area contributed by atoms with E-state index in [0.29, 0.717) is 0 Å². The first kappa shape index (κ1) is 15.5. The molecule has 2 rings (SSSR count). The van der Waals surface area contributed by atoms with Gasteiger partial charge in [-0.25, -0.2) is 0 Å². The van der Waals surface area contributed by atoms with Gasteiger partial charge in [0.1, 0.15) is 0 Å². The number of carbonyl (C=O) groups is 2. The number of benzene rings is 1. The Bertz CT molecular complexity index is 473. The third-order valence-electron chi connectivity index (χ3n) is 3.16. The Kier molecular flexibility index (Phi) is 6.06. The summed E-state index contributed by atoms with van der Waals surface area (Å²) in [7, 11) is 0. The van der Waals surface area contributed by atoms with Crippen LogP contribution < -0.4 is 10.6 Å². The number of carbonyl (C=O) groups excluding carboxylic acids is 2. The van der Waals surface area contributed by atoms with Gasteiger partial charge in [-0.15, -0.1) is 11.8 Å². The molecule has 0 atom stereocenters. The summed E-state index contributed by atoms with van der Waals surface area (Å²) < 4.78 is 1.01. The van der Waals surface area contributed by atoms with E-state index in [1.54, 1.807) is 0 Å². The van der Waals surface area contributed by atoms with E-state index in [2.05, 4.69) is 26.6 Å². The van der Waals surface area contributed by atoms with Crippen LogP contribution in [0.5, 0.6) is 0 Å². The number of imide groups is 1. The Balaban J connectivity index is 1.74. The Hall–Kier alpha value is -0.850. The van der Waals surface area contributed by atoms with Crippen LogP contribution in [0.25, 0.3) is 0 Å². The van der Waals surface area contributed by atoms with Gasteiger partial charge < -0.3 is 5.32 Å². The normalized spacial score (nSPS) is 15.8. The second kappa shape index (κ2) is 7.81. The molecular formula is C14H17BrN2O2S. The average molecular weight is 357 g/mol. The third kappa shape index (κ3) is 4.92. The van der Waals surface area contributed by atoms with Crippen molar-refractivity contribution in [2.24, 2.45) is 5.92 Å². The maximum Gasteiger partial charge on any atom is 0.236 e. The molecule has 1 aromatic rings. The fraction of sp³-hybridized carbons (Fsp3) is 0.429. The topological polar surface area (TPSA) is 58.2 Å². The standard InChI is InChI=1S/C14H17BrN2O2S/c15-11-1-3-12(4-2-11)20-9-13(18)17-14(19)10-5-7-16-8-6-10/h1-4,10,16H,5-9H2,(H,17,18,19). The number of piperidine rings is 1. The number of amides is 2. The van der Waals surface area contributed by atoms with Gasteiger partial charge in [0, 0.05) is 15.3 Å². The van der Waals surface area contributed by atoms with E-state index in [1.807, 2.05) is 24.3 Å². The van der Waals surface area contributed by atoms with Crippen LogP contribution in [0.1, 0.15) is 12.8 Å². The Morgan fingerprint density at radius 2 is 1.90 bits per heavy atom. The molecule has 1 saturated heterocycles. The molecule has 1 aliphatic heterocycles. The molecule has 1 aliphatic rings. The van der Waals surface area contributed by atoms with Gasteiger partial charge in [-0.3, -0.25) is 14.9 Å². The van der Waals surface area contributed by atoms with Gasteiger partial charge in [0.05, 0.1) is 5.75 Å². The fourth-order valence-electron chi connectivity index (χ4n) is 2.04. The number of hydrogen-bond acceptors (Lipinski definition) is 4. The smallest absolute Gasteiger partial charge is 0.236 e. The van der Waals surface area contributed by atoms with E-state index < -0.39 is 0 Å². The van der Waals surface area contributed by atoms with Crippen molar-refractivity contribution < 1.29 is 9.59 Å². The molecule has 2 N–H and O–H groups in total. The van der Waals surface area contributed by atoms with E-state index in [1.165, 1.54) is 11.8 Å².